The lowest BCUT2D eigenvalue weighted by Crippen LogP contribution is -2.44. The van der Waals surface area contributed by atoms with E-state index < -0.39 is 16.0 Å². The molecule has 0 aliphatic carbocycles. The molecule has 1 aromatic rings. The first-order chi connectivity index (χ1) is 9.38. The summed E-state index contributed by atoms with van der Waals surface area (Å²) in [5.41, 5.74) is 0.158. The highest BCUT2D eigenvalue weighted by atomic mass is 32.2. The normalized spacial score (nSPS) is 18.2. The van der Waals surface area contributed by atoms with Crippen LogP contribution in [0.5, 0.6) is 0 Å². The Balaban J connectivity index is 1.85. The number of nitrogens with one attached hydrogen (secondary N) is 1. The number of sulfonamides is 1. The predicted octanol–water partition coefficient (Wildman–Crippen LogP) is 0.491. The minimum absolute atomic E-state index is 0.158. The summed E-state index contributed by atoms with van der Waals surface area (Å²) < 4.78 is 29.4. The van der Waals surface area contributed by atoms with Crippen molar-refractivity contribution in [2.75, 3.05) is 19.3 Å². The van der Waals surface area contributed by atoms with Gasteiger partial charge in [-0.2, -0.15) is 0 Å². The third-order valence-corrected chi connectivity index (χ3v) is 4.75. The van der Waals surface area contributed by atoms with Crippen LogP contribution in [0.4, 0.5) is 0 Å². The highest BCUT2D eigenvalue weighted by Gasteiger charge is 2.25. The molecule has 20 heavy (non-hydrogen) atoms. The summed E-state index contributed by atoms with van der Waals surface area (Å²) in [6, 6.07) is 1.59. The molecule has 0 unspecified atom stereocenters. The van der Waals surface area contributed by atoms with Gasteiger partial charge in [-0.1, -0.05) is 0 Å². The van der Waals surface area contributed by atoms with Crippen LogP contribution in [0.25, 0.3) is 0 Å². The number of hydrogen-bond acceptors (Lipinski definition) is 5. The van der Waals surface area contributed by atoms with E-state index in [4.69, 9.17) is 9.52 Å². The summed E-state index contributed by atoms with van der Waals surface area (Å²) in [6.07, 6.45) is 3.97. The number of carboxylic acids is 1. The molecule has 0 bridgehead atoms. The fourth-order valence-corrected chi connectivity index (χ4v) is 3.17. The second kappa shape index (κ2) is 5.94. The highest BCUT2D eigenvalue weighted by Crippen LogP contribution is 2.15. The van der Waals surface area contributed by atoms with Gasteiger partial charge in [0.1, 0.15) is 11.3 Å². The van der Waals surface area contributed by atoms with E-state index in [0.717, 1.165) is 0 Å². The zero-order valence-electron chi connectivity index (χ0n) is 11.2. The Labute approximate surface area is 117 Å². The van der Waals surface area contributed by atoms with Gasteiger partial charge in [-0.15, -0.1) is 0 Å². The van der Waals surface area contributed by atoms with Crippen LogP contribution in [-0.2, 0) is 16.6 Å². The van der Waals surface area contributed by atoms with E-state index >= 15 is 0 Å². The number of piperidine rings is 1. The monoisotopic (exact) mass is 302 g/mol. The maximum Gasteiger partial charge on any atom is 0.339 e. The van der Waals surface area contributed by atoms with Gasteiger partial charge in [-0.3, -0.25) is 0 Å². The summed E-state index contributed by atoms with van der Waals surface area (Å²) >= 11 is 0. The number of aromatic carboxylic acids is 1. The molecule has 2 heterocycles. The lowest BCUT2D eigenvalue weighted by molar-refractivity contribution is 0.0694. The molecule has 1 fully saturated rings. The van der Waals surface area contributed by atoms with Crippen LogP contribution >= 0.6 is 0 Å². The standard InChI is InChI=1S/C12H18N2O5S/c1-20(17,18)14-5-2-9(3-6-14)13-8-11-10(12(15)16)4-7-19-11/h4,7,9,13H,2-3,5-6,8H2,1H3,(H,15,16). The van der Waals surface area contributed by atoms with Crippen LogP contribution in [0.1, 0.15) is 29.0 Å². The second-order valence-electron chi connectivity index (χ2n) is 4.88. The fourth-order valence-electron chi connectivity index (χ4n) is 2.30. The number of hydrogen-bond donors (Lipinski definition) is 2. The van der Waals surface area contributed by atoms with Crippen molar-refractivity contribution in [2.24, 2.45) is 0 Å². The molecule has 0 atom stereocenters. The molecule has 7 nitrogen and oxygen atoms in total. The van der Waals surface area contributed by atoms with Gasteiger partial charge in [-0.05, 0) is 18.9 Å². The molecule has 0 aromatic carbocycles. The van der Waals surface area contributed by atoms with E-state index in [-0.39, 0.29) is 11.6 Å². The smallest absolute Gasteiger partial charge is 0.339 e. The van der Waals surface area contributed by atoms with Crippen molar-refractivity contribution in [1.82, 2.24) is 9.62 Å². The van der Waals surface area contributed by atoms with Gasteiger partial charge in [0.2, 0.25) is 10.0 Å². The minimum atomic E-state index is -3.12. The van der Waals surface area contributed by atoms with Gasteiger partial charge in [0.25, 0.3) is 0 Å². The van der Waals surface area contributed by atoms with Gasteiger partial charge in [0.15, 0.2) is 0 Å². The van der Waals surface area contributed by atoms with Crippen LogP contribution in [0, 0.1) is 0 Å². The summed E-state index contributed by atoms with van der Waals surface area (Å²) in [7, 11) is -3.12. The van der Waals surface area contributed by atoms with Crippen molar-refractivity contribution >= 4 is 16.0 Å². The van der Waals surface area contributed by atoms with Gasteiger partial charge >= 0.3 is 5.97 Å². The van der Waals surface area contributed by atoms with Gasteiger partial charge in [0, 0.05) is 19.1 Å². The molecule has 1 aliphatic rings. The first-order valence-corrected chi connectivity index (χ1v) is 8.21. The molecule has 2 rings (SSSR count). The predicted molar refractivity (Wildman–Crippen MR) is 71.9 cm³/mol. The number of carbonyl (C=O) groups is 1. The molecule has 1 aromatic heterocycles. The van der Waals surface area contributed by atoms with Crippen LogP contribution in [0.15, 0.2) is 16.7 Å². The highest BCUT2D eigenvalue weighted by molar-refractivity contribution is 7.88. The van der Waals surface area contributed by atoms with Crippen molar-refractivity contribution in [3.63, 3.8) is 0 Å². The lowest BCUT2D eigenvalue weighted by Gasteiger charge is -2.30. The maximum absolute atomic E-state index is 11.4. The number of nitrogens with zero attached hydrogens (tertiary/aromatic N) is 1. The maximum atomic E-state index is 11.4. The quantitative estimate of drug-likeness (QED) is 0.821. The first kappa shape index (κ1) is 15.0. The molecule has 1 saturated heterocycles. The summed E-state index contributed by atoms with van der Waals surface area (Å²) in [5, 5.41) is 12.2. The molecular formula is C12H18N2O5S. The molecule has 112 valence electrons. The van der Waals surface area contributed by atoms with Crippen molar-refractivity contribution < 1.29 is 22.7 Å². The molecule has 2 N–H and O–H groups in total. The van der Waals surface area contributed by atoms with E-state index in [9.17, 15) is 13.2 Å². The largest absolute Gasteiger partial charge is 0.478 e. The second-order valence-corrected chi connectivity index (χ2v) is 6.86. The van der Waals surface area contributed by atoms with E-state index in [2.05, 4.69) is 5.32 Å². The summed E-state index contributed by atoms with van der Waals surface area (Å²) in [4.78, 5) is 10.9. The molecule has 1 aliphatic heterocycles. The number of carboxylic acid groups (broad SMARTS) is 1. The van der Waals surface area contributed by atoms with Crippen LogP contribution in [-0.4, -0.2) is 49.2 Å². The summed E-state index contributed by atoms with van der Waals surface area (Å²) in [5.74, 6) is -0.620. The van der Waals surface area contributed by atoms with Crippen molar-refractivity contribution in [3.8, 4) is 0 Å². The Morgan fingerprint density at radius 2 is 2.15 bits per heavy atom. The van der Waals surface area contributed by atoms with E-state index in [1.165, 1.54) is 22.9 Å². The average molecular weight is 302 g/mol. The van der Waals surface area contributed by atoms with Crippen molar-refractivity contribution in [3.05, 3.63) is 23.7 Å². The van der Waals surface area contributed by atoms with Gasteiger partial charge in [0.05, 0.1) is 19.1 Å². The Bertz CT molecular complexity index is 572. The molecule has 8 heteroatoms. The van der Waals surface area contributed by atoms with E-state index in [1.54, 1.807) is 0 Å². The number of furan rings is 1. The zero-order valence-corrected chi connectivity index (χ0v) is 12.0. The van der Waals surface area contributed by atoms with Crippen LogP contribution in [0.3, 0.4) is 0 Å². The van der Waals surface area contributed by atoms with Crippen LogP contribution in [0.2, 0.25) is 0 Å². The molecule has 0 amide bonds. The van der Waals surface area contributed by atoms with Gasteiger partial charge in [-0.25, -0.2) is 17.5 Å². The van der Waals surface area contributed by atoms with Crippen molar-refractivity contribution in [1.29, 1.82) is 0 Å². The van der Waals surface area contributed by atoms with Gasteiger partial charge < -0.3 is 14.8 Å². The Morgan fingerprint density at radius 1 is 1.50 bits per heavy atom. The fraction of sp³-hybridized carbons (Fsp3) is 0.583. The molecule has 0 saturated carbocycles. The Morgan fingerprint density at radius 3 is 2.70 bits per heavy atom. The topological polar surface area (TPSA) is 99.9 Å². The SMILES string of the molecule is CS(=O)(=O)N1CCC(NCc2occc2C(=O)O)CC1. The lowest BCUT2D eigenvalue weighted by atomic mass is 10.1. The number of rotatable bonds is 5. The Kier molecular flexibility index (Phi) is 4.46. The molecular weight excluding hydrogens is 284 g/mol. The van der Waals surface area contributed by atoms with E-state index in [1.807, 2.05) is 0 Å². The Hall–Kier alpha value is -1.38. The van der Waals surface area contributed by atoms with Crippen LogP contribution < -0.4 is 5.32 Å². The molecule has 0 spiro atoms. The third-order valence-electron chi connectivity index (χ3n) is 3.45. The van der Waals surface area contributed by atoms with Crippen molar-refractivity contribution in [2.45, 2.75) is 25.4 Å². The van der Waals surface area contributed by atoms with E-state index in [0.29, 0.717) is 38.2 Å². The zero-order chi connectivity index (χ0) is 14.8. The summed E-state index contributed by atoms with van der Waals surface area (Å²) in [6.45, 7) is 1.30. The average Bonchev–Trinajstić information content (AvgIpc) is 2.84. The molecule has 0 radical (unpaired) electrons. The third kappa shape index (κ3) is 3.59. The first-order valence-electron chi connectivity index (χ1n) is 6.36. The minimum Gasteiger partial charge on any atom is -0.478 e.